The quantitative estimate of drug-likeness (QED) is 0.743. The molecule has 1 N–H and O–H groups in total. The van der Waals surface area contributed by atoms with Crippen LogP contribution in [-0.4, -0.2) is 36.0 Å². The Bertz CT molecular complexity index is 1050. The van der Waals surface area contributed by atoms with Gasteiger partial charge in [-0.25, -0.2) is 0 Å². The lowest BCUT2D eigenvalue weighted by Gasteiger charge is -2.29. The number of benzene rings is 2. The summed E-state index contributed by atoms with van der Waals surface area (Å²) >= 11 is 0. The van der Waals surface area contributed by atoms with Crippen LogP contribution < -0.4 is 10.1 Å². The number of amides is 1. The third kappa shape index (κ3) is 3.34. The summed E-state index contributed by atoms with van der Waals surface area (Å²) in [6.45, 7) is 6.83. The summed E-state index contributed by atoms with van der Waals surface area (Å²) in [6.07, 6.45) is 0.863. The van der Waals surface area contributed by atoms with Crippen molar-refractivity contribution in [2.75, 3.05) is 25.5 Å². The Labute approximate surface area is 165 Å². The van der Waals surface area contributed by atoms with Crippen molar-refractivity contribution >= 4 is 22.5 Å². The zero-order valence-corrected chi connectivity index (χ0v) is 16.6. The van der Waals surface area contributed by atoms with Crippen molar-refractivity contribution < 1.29 is 9.53 Å². The smallest absolute Gasteiger partial charge is 0.256 e. The van der Waals surface area contributed by atoms with Crippen LogP contribution in [0.4, 0.5) is 5.69 Å². The maximum absolute atomic E-state index is 13.5. The number of pyridine rings is 1. The van der Waals surface area contributed by atoms with Gasteiger partial charge in [0.05, 0.1) is 23.9 Å². The number of methoxy groups -OCH3 is 1. The first-order valence-corrected chi connectivity index (χ1v) is 9.69. The van der Waals surface area contributed by atoms with Crippen LogP contribution in [0.15, 0.2) is 42.5 Å². The Morgan fingerprint density at radius 1 is 1.25 bits per heavy atom. The van der Waals surface area contributed by atoms with E-state index in [0.717, 1.165) is 59.3 Å². The molecule has 5 heteroatoms. The molecule has 0 bridgehead atoms. The first kappa shape index (κ1) is 18.4. The maximum Gasteiger partial charge on any atom is 0.256 e. The zero-order valence-electron chi connectivity index (χ0n) is 16.6. The number of carbonyl (C=O) groups is 1. The number of hydrogen-bond acceptors (Lipinski definition) is 4. The minimum absolute atomic E-state index is 0.114. The number of fused-ring (bicyclic) bond motifs is 2. The molecular formula is C23H25N3O2. The SMILES string of the molecule is CCN1CCc2nc3ccccc3c(C(=O)Nc3cc(C)ccc3OC)c2C1. The molecule has 0 radical (unpaired) electrons. The molecule has 1 aliphatic heterocycles. The number of likely N-dealkylation sites (N-methyl/N-ethyl adjacent to an activating group) is 1. The molecule has 5 nitrogen and oxygen atoms in total. The highest BCUT2D eigenvalue weighted by Gasteiger charge is 2.25. The number of nitrogens with one attached hydrogen (secondary N) is 1. The van der Waals surface area contributed by atoms with Gasteiger partial charge in [0.15, 0.2) is 0 Å². The number of hydrogen-bond donors (Lipinski definition) is 1. The van der Waals surface area contributed by atoms with Crippen LogP contribution in [0.1, 0.15) is 34.1 Å². The molecule has 2 heterocycles. The van der Waals surface area contributed by atoms with Crippen molar-refractivity contribution in [1.29, 1.82) is 0 Å². The second-order valence-corrected chi connectivity index (χ2v) is 7.21. The van der Waals surface area contributed by atoms with E-state index >= 15 is 0 Å². The number of rotatable bonds is 4. The molecule has 0 saturated heterocycles. The van der Waals surface area contributed by atoms with Crippen LogP contribution in [0, 0.1) is 6.92 Å². The summed E-state index contributed by atoms with van der Waals surface area (Å²) in [6, 6.07) is 13.7. The van der Waals surface area contributed by atoms with E-state index in [2.05, 4.69) is 17.1 Å². The van der Waals surface area contributed by atoms with Gasteiger partial charge in [-0.05, 0) is 37.2 Å². The van der Waals surface area contributed by atoms with Crippen molar-refractivity contribution in [3.8, 4) is 5.75 Å². The molecule has 28 heavy (non-hydrogen) atoms. The molecule has 4 rings (SSSR count). The Morgan fingerprint density at radius 2 is 2.07 bits per heavy atom. The van der Waals surface area contributed by atoms with Crippen LogP contribution >= 0.6 is 0 Å². The van der Waals surface area contributed by atoms with Crippen LogP contribution in [0.2, 0.25) is 0 Å². The van der Waals surface area contributed by atoms with E-state index in [4.69, 9.17) is 9.72 Å². The van der Waals surface area contributed by atoms with Crippen molar-refractivity contribution in [3.05, 3.63) is 64.8 Å². The van der Waals surface area contributed by atoms with Crippen molar-refractivity contribution in [2.24, 2.45) is 0 Å². The van der Waals surface area contributed by atoms with Gasteiger partial charge in [0, 0.05) is 36.2 Å². The van der Waals surface area contributed by atoms with E-state index in [0.29, 0.717) is 11.4 Å². The average molecular weight is 375 g/mol. The van der Waals surface area contributed by atoms with Crippen molar-refractivity contribution in [2.45, 2.75) is 26.8 Å². The van der Waals surface area contributed by atoms with Crippen LogP contribution in [0.5, 0.6) is 5.75 Å². The number of carbonyl (C=O) groups excluding carboxylic acids is 1. The Kier molecular flexibility index (Phi) is 5.01. The van der Waals surface area contributed by atoms with E-state index in [1.165, 1.54) is 0 Å². The fourth-order valence-corrected chi connectivity index (χ4v) is 3.88. The standard InChI is InChI=1S/C23H25N3O2/c1-4-26-12-11-19-17(14-26)22(16-7-5-6-8-18(16)24-19)23(27)25-20-13-15(2)9-10-21(20)28-3/h5-10,13H,4,11-12,14H2,1-3H3,(H,25,27). The predicted octanol–water partition coefficient (Wildman–Crippen LogP) is 4.18. The number of para-hydroxylation sites is 1. The normalized spacial score (nSPS) is 14.0. The Morgan fingerprint density at radius 3 is 2.86 bits per heavy atom. The molecular weight excluding hydrogens is 350 g/mol. The van der Waals surface area contributed by atoms with Crippen molar-refractivity contribution in [3.63, 3.8) is 0 Å². The largest absolute Gasteiger partial charge is 0.495 e. The number of ether oxygens (including phenoxy) is 1. The predicted molar refractivity (Wildman–Crippen MR) is 112 cm³/mol. The highest BCUT2D eigenvalue weighted by molar-refractivity contribution is 6.14. The summed E-state index contributed by atoms with van der Waals surface area (Å²) in [5, 5.41) is 3.98. The molecule has 1 aliphatic rings. The molecule has 2 aromatic carbocycles. The minimum Gasteiger partial charge on any atom is -0.495 e. The van der Waals surface area contributed by atoms with Gasteiger partial charge in [0.1, 0.15) is 5.75 Å². The van der Waals surface area contributed by atoms with Crippen molar-refractivity contribution in [1.82, 2.24) is 9.88 Å². The highest BCUT2D eigenvalue weighted by atomic mass is 16.5. The lowest BCUT2D eigenvalue weighted by molar-refractivity contribution is 0.102. The molecule has 144 valence electrons. The molecule has 0 spiro atoms. The topological polar surface area (TPSA) is 54.5 Å². The van der Waals surface area contributed by atoms with E-state index < -0.39 is 0 Å². The van der Waals surface area contributed by atoms with E-state index in [9.17, 15) is 4.79 Å². The molecule has 0 fully saturated rings. The molecule has 1 amide bonds. The Hall–Kier alpha value is -2.92. The van der Waals surface area contributed by atoms with Gasteiger partial charge < -0.3 is 10.1 Å². The number of aromatic nitrogens is 1. The van der Waals surface area contributed by atoms with Gasteiger partial charge in [-0.1, -0.05) is 31.2 Å². The second-order valence-electron chi connectivity index (χ2n) is 7.21. The van der Waals surface area contributed by atoms with Gasteiger partial charge in [0.2, 0.25) is 0 Å². The van der Waals surface area contributed by atoms with E-state index in [1.807, 2.05) is 49.4 Å². The summed E-state index contributed by atoms with van der Waals surface area (Å²) in [4.78, 5) is 20.7. The number of anilines is 1. The second kappa shape index (κ2) is 7.60. The first-order valence-electron chi connectivity index (χ1n) is 9.69. The average Bonchev–Trinajstić information content (AvgIpc) is 2.71. The lowest BCUT2D eigenvalue weighted by atomic mass is 9.95. The third-order valence-electron chi connectivity index (χ3n) is 5.40. The molecule has 0 atom stereocenters. The maximum atomic E-state index is 13.5. The fourth-order valence-electron chi connectivity index (χ4n) is 3.88. The summed E-state index contributed by atoms with van der Waals surface area (Å²) < 4.78 is 5.44. The monoisotopic (exact) mass is 375 g/mol. The van der Waals surface area contributed by atoms with Gasteiger partial charge in [-0.3, -0.25) is 14.7 Å². The van der Waals surface area contributed by atoms with E-state index in [-0.39, 0.29) is 5.91 Å². The molecule has 0 aliphatic carbocycles. The van der Waals surface area contributed by atoms with Crippen LogP contribution in [-0.2, 0) is 13.0 Å². The van der Waals surface area contributed by atoms with E-state index in [1.54, 1.807) is 7.11 Å². The highest BCUT2D eigenvalue weighted by Crippen LogP contribution is 2.31. The van der Waals surface area contributed by atoms with Gasteiger partial charge in [0.25, 0.3) is 5.91 Å². The van der Waals surface area contributed by atoms with Gasteiger partial charge in [-0.2, -0.15) is 0 Å². The number of aryl methyl sites for hydroxylation is 1. The minimum atomic E-state index is -0.114. The lowest BCUT2D eigenvalue weighted by Crippen LogP contribution is -2.33. The molecule has 0 saturated carbocycles. The summed E-state index contributed by atoms with van der Waals surface area (Å²) in [5.74, 6) is 0.540. The fraction of sp³-hybridized carbons (Fsp3) is 0.304. The molecule has 3 aromatic rings. The van der Waals surface area contributed by atoms with Crippen LogP contribution in [0.25, 0.3) is 10.9 Å². The molecule has 1 aromatic heterocycles. The van der Waals surface area contributed by atoms with Crippen LogP contribution in [0.3, 0.4) is 0 Å². The first-order chi connectivity index (χ1) is 13.6. The summed E-state index contributed by atoms with van der Waals surface area (Å²) in [7, 11) is 1.61. The zero-order chi connectivity index (χ0) is 19.7. The number of nitrogens with zero attached hydrogens (tertiary/aromatic N) is 2. The Balaban J connectivity index is 1.83. The van der Waals surface area contributed by atoms with Gasteiger partial charge >= 0.3 is 0 Å². The van der Waals surface area contributed by atoms with Gasteiger partial charge in [-0.15, -0.1) is 0 Å². The third-order valence-corrected chi connectivity index (χ3v) is 5.40. The molecule has 0 unspecified atom stereocenters. The summed E-state index contributed by atoms with van der Waals surface area (Å²) in [5.41, 5.74) is 5.41.